The van der Waals surface area contributed by atoms with Gasteiger partial charge in [0, 0.05) is 0 Å². The van der Waals surface area contributed by atoms with Crippen LogP contribution in [0.5, 0.6) is 0 Å². The summed E-state index contributed by atoms with van der Waals surface area (Å²) in [6.45, 7) is 6.72. The summed E-state index contributed by atoms with van der Waals surface area (Å²) >= 11 is 0. The number of nitrogens with one attached hydrogen (secondary N) is 2. The topological polar surface area (TPSA) is 100 Å². The van der Waals surface area contributed by atoms with Crippen molar-refractivity contribution in [1.29, 1.82) is 0 Å². The van der Waals surface area contributed by atoms with Crippen LogP contribution >= 0.6 is 0 Å². The number of aromatic nitrogens is 3. The number of nitrogens with zero attached hydrogens (tertiary/aromatic N) is 2. The molecular formula is C10H18N4O3. The van der Waals surface area contributed by atoms with Gasteiger partial charge in [0.25, 0.3) is 0 Å². The molecule has 1 atom stereocenters. The summed E-state index contributed by atoms with van der Waals surface area (Å²) < 4.78 is 5.07. The predicted molar refractivity (Wildman–Crippen MR) is 60.3 cm³/mol. The highest BCUT2D eigenvalue weighted by molar-refractivity contribution is 5.68. The third kappa shape index (κ3) is 4.39. The van der Waals surface area contributed by atoms with Gasteiger partial charge < -0.3 is 15.2 Å². The average molecular weight is 242 g/mol. The van der Waals surface area contributed by atoms with E-state index in [0.29, 0.717) is 11.6 Å². The normalized spacial score (nSPS) is 13.2. The Morgan fingerprint density at radius 2 is 2.24 bits per heavy atom. The van der Waals surface area contributed by atoms with Crippen LogP contribution in [-0.4, -0.2) is 38.6 Å². The van der Waals surface area contributed by atoms with Gasteiger partial charge in [-0.15, -0.1) is 0 Å². The number of hydrogen-bond donors (Lipinski definition) is 3. The molecule has 1 aromatic heterocycles. The van der Waals surface area contributed by atoms with Crippen molar-refractivity contribution in [3.05, 3.63) is 11.6 Å². The van der Waals surface area contributed by atoms with Gasteiger partial charge in [-0.2, -0.15) is 5.10 Å². The molecule has 0 fully saturated rings. The Bertz CT molecular complexity index is 383. The highest BCUT2D eigenvalue weighted by Crippen LogP contribution is 2.10. The number of ether oxygens (including phenoxy) is 1. The van der Waals surface area contributed by atoms with Gasteiger partial charge in [0.2, 0.25) is 0 Å². The number of H-pyrrole nitrogens is 1. The van der Waals surface area contributed by atoms with Crippen molar-refractivity contribution >= 4 is 6.09 Å². The third-order valence-electron chi connectivity index (χ3n) is 1.80. The number of aliphatic hydroxyl groups excluding tert-OH is 1. The van der Waals surface area contributed by atoms with Crippen molar-refractivity contribution in [2.24, 2.45) is 0 Å². The number of amides is 1. The van der Waals surface area contributed by atoms with E-state index in [-0.39, 0.29) is 6.61 Å². The number of hydrogen-bond acceptors (Lipinski definition) is 5. The second-order valence-electron chi connectivity index (χ2n) is 4.66. The van der Waals surface area contributed by atoms with Crippen LogP contribution in [0.25, 0.3) is 0 Å². The molecule has 1 unspecified atom stereocenters. The van der Waals surface area contributed by atoms with Crippen LogP contribution in [0.3, 0.4) is 0 Å². The Kier molecular flexibility index (Phi) is 4.06. The van der Waals surface area contributed by atoms with Crippen molar-refractivity contribution in [1.82, 2.24) is 20.5 Å². The second-order valence-corrected chi connectivity index (χ2v) is 4.66. The van der Waals surface area contributed by atoms with Crippen LogP contribution in [0.1, 0.15) is 38.5 Å². The Balaban J connectivity index is 2.62. The number of carbonyl (C=O) groups is 1. The van der Waals surface area contributed by atoms with E-state index >= 15 is 0 Å². The molecule has 7 heteroatoms. The molecule has 17 heavy (non-hydrogen) atoms. The van der Waals surface area contributed by atoms with Gasteiger partial charge in [0.1, 0.15) is 17.5 Å². The standard InChI is InChI=1S/C10H18N4O3/c1-6-11-8(14-13-6)7(5-15)12-9(16)17-10(2,3)4/h7,15H,5H2,1-4H3,(H,12,16)(H,11,13,14). The molecule has 0 aromatic carbocycles. The van der Waals surface area contributed by atoms with E-state index in [1.54, 1.807) is 27.7 Å². The first-order chi connectivity index (χ1) is 7.81. The van der Waals surface area contributed by atoms with Crippen LogP contribution < -0.4 is 5.32 Å². The maximum atomic E-state index is 11.5. The Morgan fingerprint density at radius 3 is 2.65 bits per heavy atom. The fraction of sp³-hybridized carbons (Fsp3) is 0.700. The van der Waals surface area contributed by atoms with Gasteiger partial charge in [-0.05, 0) is 27.7 Å². The number of carbonyl (C=O) groups excluding carboxylic acids is 1. The Hall–Kier alpha value is -1.63. The smallest absolute Gasteiger partial charge is 0.408 e. The van der Waals surface area contributed by atoms with Crippen molar-refractivity contribution in [2.75, 3.05) is 6.61 Å². The molecule has 3 N–H and O–H groups in total. The lowest BCUT2D eigenvalue weighted by Gasteiger charge is -2.21. The first kappa shape index (κ1) is 13.4. The zero-order chi connectivity index (χ0) is 13.1. The molecular weight excluding hydrogens is 224 g/mol. The van der Waals surface area contributed by atoms with E-state index in [9.17, 15) is 9.90 Å². The minimum absolute atomic E-state index is 0.295. The Morgan fingerprint density at radius 1 is 1.59 bits per heavy atom. The van der Waals surface area contributed by atoms with E-state index < -0.39 is 17.7 Å². The average Bonchev–Trinajstić information content (AvgIpc) is 2.58. The van der Waals surface area contributed by atoms with Crippen LogP contribution in [0.2, 0.25) is 0 Å². The summed E-state index contributed by atoms with van der Waals surface area (Å²) in [5.74, 6) is 0.945. The molecule has 7 nitrogen and oxygen atoms in total. The van der Waals surface area contributed by atoms with Gasteiger partial charge in [0.15, 0.2) is 5.82 Å². The quantitative estimate of drug-likeness (QED) is 0.723. The summed E-state index contributed by atoms with van der Waals surface area (Å²) in [5.41, 5.74) is -0.584. The third-order valence-corrected chi connectivity index (χ3v) is 1.80. The molecule has 0 saturated heterocycles. The fourth-order valence-electron chi connectivity index (χ4n) is 1.16. The van der Waals surface area contributed by atoms with Gasteiger partial charge in [-0.25, -0.2) is 9.78 Å². The summed E-state index contributed by atoms with van der Waals surface area (Å²) in [5, 5.41) is 18.2. The maximum Gasteiger partial charge on any atom is 0.408 e. The van der Waals surface area contributed by atoms with E-state index in [1.807, 2.05) is 0 Å². The van der Waals surface area contributed by atoms with Crippen molar-refractivity contribution < 1.29 is 14.6 Å². The lowest BCUT2D eigenvalue weighted by molar-refractivity contribution is 0.0478. The summed E-state index contributed by atoms with van der Waals surface area (Å²) in [6, 6.07) is -0.671. The first-order valence-electron chi connectivity index (χ1n) is 5.31. The molecule has 0 saturated carbocycles. The molecule has 0 spiro atoms. The van der Waals surface area contributed by atoms with Crippen LogP contribution in [0, 0.1) is 6.92 Å². The summed E-state index contributed by atoms with van der Waals surface area (Å²) in [4.78, 5) is 15.5. The molecule has 0 aliphatic heterocycles. The van der Waals surface area contributed by atoms with Gasteiger partial charge >= 0.3 is 6.09 Å². The number of aromatic amines is 1. The molecule has 0 radical (unpaired) electrons. The lowest BCUT2D eigenvalue weighted by atomic mass is 10.2. The zero-order valence-corrected chi connectivity index (χ0v) is 10.4. The van der Waals surface area contributed by atoms with E-state index in [4.69, 9.17) is 4.74 Å². The molecule has 0 aliphatic rings. The van der Waals surface area contributed by atoms with E-state index in [1.165, 1.54) is 0 Å². The number of aryl methyl sites for hydroxylation is 1. The van der Waals surface area contributed by atoms with E-state index in [2.05, 4.69) is 20.5 Å². The van der Waals surface area contributed by atoms with Gasteiger partial charge in [0.05, 0.1) is 6.61 Å². The molecule has 1 aromatic rings. The number of alkyl carbamates (subject to hydrolysis) is 1. The van der Waals surface area contributed by atoms with E-state index in [0.717, 1.165) is 0 Å². The molecule has 96 valence electrons. The molecule has 1 rings (SSSR count). The number of rotatable bonds is 3. The highest BCUT2D eigenvalue weighted by Gasteiger charge is 2.22. The number of aliphatic hydroxyl groups is 1. The minimum atomic E-state index is -0.671. The van der Waals surface area contributed by atoms with Crippen LogP contribution in [0.4, 0.5) is 4.79 Å². The van der Waals surface area contributed by atoms with Crippen molar-refractivity contribution in [3.8, 4) is 0 Å². The fourth-order valence-corrected chi connectivity index (χ4v) is 1.16. The summed E-state index contributed by atoms with van der Waals surface area (Å²) in [7, 11) is 0. The lowest BCUT2D eigenvalue weighted by Crippen LogP contribution is -2.36. The first-order valence-corrected chi connectivity index (χ1v) is 5.31. The molecule has 1 amide bonds. The monoisotopic (exact) mass is 242 g/mol. The zero-order valence-electron chi connectivity index (χ0n) is 10.4. The highest BCUT2D eigenvalue weighted by atomic mass is 16.6. The van der Waals surface area contributed by atoms with Gasteiger partial charge in [-0.3, -0.25) is 5.10 Å². The Labute approximate surface area is 99.6 Å². The molecule has 1 heterocycles. The van der Waals surface area contributed by atoms with Crippen molar-refractivity contribution in [2.45, 2.75) is 39.3 Å². The molecule has 0 aliphatic carbocycles. The SMILES string of the molecule is Cc1nc(C(CO)NC(=O)OC(C)(C)C)n[nH]1. The summed E-state index contributed by atoms with van der Waals surface area (Å²) in [6.07, 6.45) is -0.612. The van der Waals surface area contributed by atoms with Crippen molar-refractivity contribution in [3.63, 3.8) is 0 Å². The van der Waals surface area contributed by atoms with Crippen LogP contribution in [0.15, 0.2) is 0 Å². The van der Waals surface area contributed by atoms with Gasteiger partial charge in [-0.1, -0.05) is 0 Å². The predicted octanol–water partition coefficient (Wildman–Crippen LogP) is 0.671. The second kappa shape index (κ2) is 5.13. The molecule has 0 bridgehead atoms. The minimum Gasteiger partial charge on any atom is -0.444 e. The largest absolute Gasteiger partial charge is 0.444 e. The maximum absolute atomic E-state index is 11.5. The van der Waals surface area contributed by atoms with Crippen LogP contribution in [-0.2, 0) is 4.74 Å².